The fourth-order valence-corrected chi connectivity index (χ4v) is 2.88. The minimum atomic E-state index is 0.451. The van der Waals surface area contributed by atoms with E-state index in [1.54, 1.807) is 0 Å². The molecule has 2 rings (SSSR count). The molecule has 1 saturated heterocycles. The van der Waals surface area contributed by atoms with Crippen LogP contribution in [0, 0.1) is 5.92 Å². The molecule has 124 valence electrons. The van der Waals surface area contributed by atoms with Gasteiger partial charge in [0.2, 0.25) is 0 Å². The molecule has 1 aliphatic rings. The molecule has 0 amide bonds. The van der Waals surface area contributed by atoms with E-state index in [-0.39, 0.29) is 0 Å². The molecular formula is C16H29N5O. The van der Waals surface area contributed by atoms with E-state index in [1.807, 2.05) is 19.4 Å². The summed E-state index contributed by atoms with van der Waals surface area (Å²) < 4.78 is 7.60. The van der Waals surface area contributed by atoms with Gasteiger partial charge in [-0.2, -0.15) is 0 Å². The molecule has 0 aliphatic carbocycles. The van der Waals surface area contributed by atoms with Gasteiger partial charge < -0.3 is 19.5 Å². The van der Waals surface area contributed by atoms with Crippen LogP contribution >= 0.6 is 0 Å². The van der Waals surface area contributed by atoms with E-state index in [0.29, 0.717) is 25.1 Å². The summed E-state index contributed by atoms with van der Waals surface area (Å²) in [5, 5.41) is 3.41. The highest BCUT2D eigenvalue weighted by Crippen LogP contribution is 2.27. The SMILES string of the molecule is CCNC(=NCCOCC)N1CCC(C)C(n2ccnc2)C1. The maximum Gasteiger partial charge on any atom is 0.194 e. The second kappa shape index (κ2) is 8.78. The number of hydrogen-bond donors (Lipinski definition) is 1. The largest absolute Gasteiger partial charge is 0.380 e. The first-order valence-corrected chi connectivity index (χ1v) is 8.34. The average Bonchev–Trinajstić information content (AvgIpc) is 3.05. The first kappa shape index (κ1) is 16.8. The molecule has 2 heterocycles. The van der Waals surface area contributed by atoms with Crippen molar-refractivity contribution in [2.45, 2.75) is 33.2 Å². The van der Waals surface area contributed by atoms with E-state index in [4.69, 9.17) is 9.73 Å². The van der Waals surface area contributed by atoms with Crippen molar-refractivity contribution in [3.05, 3.63) is 18.7 Å². The Hall–Kier alpha value is -1.56. The summed E-state index contributed by atoms with van der Waals surface area (Å²) in [5.41, 5.74) is 0. The molecule has 0 bridgehead atoms. The lowest BCUT2D eigenvalue weighted by atomic mass is 9.93. The smallest absolute Gasteiger partial charge is 0.194 e. The van der Waals surface area contributed by atoms with Crippen molar-refractivity contribution < 1.29 is 4.74 Å². The van der Waals surface area contributed by atoms with E-state index in [1.165, 1.54) is 6.42 Å². The molecule has 0 aromatic carbocycles. The second-order valence-corrected chi connectivity index (χ2v) is 5.72. The van der Waals surface area contributed by atoms with E-state index in [9.17, 15) is 0 Å². The van der Waals surface area contributed by atoms with Gasteiger partial charge in [-0.1, -0.05) is 6.92 Å². The lowest BCUT2D eigenvalue weighted by molar-refractivity contribution is 0.154. The van der Waals surface area contributed by atoms with E-state index < -0.39 is 0 Å². The first-order chi connectivity index (χ1) is 10.8. The minimum Gasteiger partial charge on any atom is -0.380 e. The number of imidazole rings is 1. The van der Waals surface area contributed by atoms with Gasteiger partial charge >= 0.3 is 0 Å². The summed E-state index contributed by atoms with van der Waals surface area (Å²) in [7, 11) is 0. The zero-order valence-corrected chi connectivity index (χ0v) is 14.0. The van der Waals surface area contributed by atoms with Crippen molar-refractivity contribution >= 4 is 5.96 Å². The monoisotopic (exact) mass is 307 g/mol. The number of rotatable bonds is 6. The summed E-state index contributed by atoms with van der Waals surface area (Å²) in [6, 6.07) is 0.451. The van der Waals surface area contributed by atoms with Crippen molar-refractivity contribution in [2.75, 3.05) is 39.4 Å². The third-order valence-electron chi connectivity index (χ3n) is 4.16. The van der Waals surface area contributed by atoms with E-state index in [2.05, 4.69) is 39.8 Å². The quantitative estimate of drug-likeness (QED) is 0.494. The normalized spacial score (nSPS) is 22.9. The third-order valence-corrected chi connectivity index (χ3v) is 4.16. The van der Waals surface area contributed by atoms with Crippen molar-refractivity contribution in [1.29, 1.82) is 0 Å². The highest BCUT2D eigenvalue weighted by atomic mass is 16.5. The Kier molecular flexibility index (Phi) is 6.71. The molecule has 0 spiro atoms. The molecule has 1 aliphatic heterocycles. The second-order valence-electron chi connectivity index (χ2n) is 5.72. The van der Waals surface area contributed by atoms with Gasteiger partial charge in [-0.3, -0.25) is 4.99 Å². The van der Waals surface area contributed by atoms with Gasteiger partial charge in [-0.05, 0) is 26.2 Å². The molecule has 22 heavy (non-hydrogen) atoms. The lowest BCUT2D eigenvalue weighted by Gasteiger charge is -2.39. The highest BCUT2D eigenvalue weighted by molar-refractivity contribution is 5.80. The van der Waals surface area contributed by atoms with Crippen LogP contribution in [-0.2, 0) is 4.74 Å². The fourth-order valence-electron chi connectivity index (χ4n) is 2.88. The van der Waals surface area contributed by atoms with Gasteiger partial charge in [0.1, 0.15) is 0 Å². The van der Waals surface area contributed by atoms with Crippen LogP contribution in [0.1, 0.15) is 33.2 Å². The molecule has 1 aromatic heterocycles. The zero-order valence-electron chi connectivity index (χ0n) is 14.0. The Bertz CT molecular complexity index is 445. The summed E-state index contributed by atoms with van der Waals surface area (Å²) >= 11 is 0. The van der Waals surface area contributed by atoms with Crippen molar-refractivity contribution in [3.63, 3.8) is 0 Å². The Morgan fingerprint density at radius 2 is 2.32 bits per heavy atom. The summed E-state index contributed by atoms with van der Waals surface area (Å²) in [6.45, 7) is 11.5. The number of ether oxygens (including phenoxy) is 1. The number of aliphatic imine (C=N–C) groups is 1. The van der Waals surface area contributed by atoms with Gasteiger partial charge in [-0.25, -0.2) is 4.98 Å². The molecule has 0 radical (unpaired) electrons. The van der Waals surface area contributed by atoms with Crippen molar-refractivity contribution in [2.24, 2.45) is 10.9 Å². The number of guanidine groups is 1. The van der Waals surface area contributed by atoms with Crippen molar-refractivity contribution in [1.82, 2.24) is 19.8 Å². The molecule has 6 nitrogen and oxygen atoms in total. The molecule has 2 unspecified atom stereocenters. The molecule has 6 heteroatoms. The predicted molar refractivity (Wildman–Crippen MR) is 89.1 cm³/mol. The summed E-state index contributed by atoms with van der Waals surface area (Å²) in [5.74, 6) is 1.65. The van der Waals surface area contributed by atoms with Crippen LogP contribution in [0.25, 0.3) is 0 Å². The Morgan fingerprint density at radius 1 is 1.45 bits per heavy atom. The van der Waals surface area contributed by atoms with Crippen LogP contribution < -0.4 is 5.32 Å². The van der Waals surface area contributed by atoms with E-state index >= 15 is 0 Å². The molecule has 2 atom stereocenters. The van der Waals surface area contributed by atoms with E-state index in [0.717, 1.165) is 32.2 Å². The predicted octanol–water partition coefficient (Wildman–Crippen LogP) is 1.77. The lowest BCUT2D eigenvalue weighted by Crippen LogP contribution is -2.49. The first-order valence-electron chi connectivity index (χ1n) is 8.34. The maximum atomic E-state index is 5.38. The number of piperidine rings is 1. The van der Waals surface area contributed by atoms with Crippen molar-refractivity contribution in [3.8, 4) is 0 Å². The Morgan fingerprint density at radius 3 is 3.00 bits per heavy atom. The summed E-state index contributed by atoms with van der Waals surface area (Å²) in [6.07, 6.45) is 7.00. The molecular weight excluding hydrogens is 278 g/mol. The third kappa shape index (κ3) is 4.47. The number of nitrogens with zero attached hydrogens (tertiary/aromatic N) is 4. The number of likely N-dealkylation sites (tertiary alicyclic amines) is 1. The maximum absolute atomic E-state index is 5.38. The van der Waals surface area contributed by atoms with Gasteiger partial charge in [0.15, 0.2) is 5.96 Å². The van der Waals surface area contributed by atoms with Crippen LogP contribution in [0.3, 0.4) is 0 Å². The van der Waals surface area contributed by atoms with Crippen LogP contribution in [0.2, 0.25) is 0 Å². The van der Waals surface area contributed by atoms with Gasteiger partial charge in [-0.15, -0.1) is 0 Å². The molecule has 1 aromatic rings. The molecule has 1 fully saturated rings. The molecule has 0 saturated carbocycles. The average molecular weight is 307 g/mol. The van der Waals surface area contributed by atoms with Crippen LogP contribution in [0.4, 0.5) is 0 Å². The minimum absolute atomic E-state index is 0.451. The van der Waals surface area contributed by atoms with Gasteiger partial charge in [0, 0.05) is 38.6 Å². The van der Waals surface area contributed by atoms with Crippen LogP contribution in [0.5, 0.6) is 0 Å². The topological polar surface area (TPSA) is 54.7 Å². The van der Waals surface area contributed by atoms with Gasteiger partial charge in [0.05, 0.1) is 25.5 Å². The highest BCUT2D eigenvalue weighted by Gasteiger charge is 2.28. The Labute approximate surface area is 133 Å². The fraction of sp³-hybridized carbons (Fsp3) is 0.750. The zero-order chi connectivity index (χ0) is 15.8. The standard InChI is InChI=1S/C16H29N5O/c1-4-18-16(19-8-11-22-5-2)20-9-6-14(3)15(12-20)21-10-7-17-13-21/h7,10,13-15H,4-6,8-9,11-12H2,1-3H3,(H,18,19). The van der Waals surface area contributed by atoms with Crippen LogP contribution in [0.15, 0.2) is 23.7 Å². The van der Waals surface area contributed by atoms with Crippen LogP contribution in [-0.4, -0.2) is 59.8 Å². The Balaban J connectivity index is 2.01. The number of aromatic nitrogens is 2. The summed E-state index contributed by atoms with van der Waals surface area (Å²) in [4.78, 5) is 11.2. The molecule has 1 N–H and O–H groups in total. The number of hydrogen-bond acceptors (Lipinski definition) is 3. The van der Waals surface area contributed by atoms with Gasteiger partial charge in [0.25, 0.3) is 0 Å². The number of nitrogens with one attached hydrogen (secondary N) is 1.